The van der Waals surface area contributed by atoms with Crippen LogP contribution in [-0.4, -0.2) is 16.1 Å². The predicted molar refractivity (Wildman–Crippen MR) is 76.8 cm³/mol. The molecule has 3 N–H and O–H groups in total. The number of phenolic OH excluding ortho intramolecular Hbond substituents is 2. The number of amides is 1. The SMILES string of the molecule is O=C(Nc1ccc(F)cc1I)c1cc(O)ccc1O. The van der Waals surface area contributed by atoms with Crippen LogP contribution in [0.1, 0.15) is 10.4 Å². The van der Waals surface area contributed by atoms with E-state index < -0.39 is 11.7 Å². The van der Waals surface area contributed by atoms with Gasteiger partial charge in [0, 0.05) is 3.57 Å². The molecule has 0 aliphatic heterocycles. The monoisotopic (exact) mass is 373 g/mol. The van der Waals surface area contributed by atoms with Crippen molar-refractivity contribution in [2.24, 2.45) is 0 Å². The highest BCUT2D eigenvalue weighted by atomic mass is 127. The summed E-state index contributed by atoms with van der Waals surface area (Å²) in [7, 11) is 0. The van der Waals surface area contributed by atoms with Crippen molar-refractivity contribution < 1.29 is 19.4 Å². The largest absolute Gasteiger partial charge is 0.508 e. The molecular formula is C13H9FINO3. The zero-order chi connectivity index (χ0) is 14.0. The van der Waals surface area contributed by atoms with Crippen LogP contribution in [0.3, 0.4) is 0 Å². The van der Waals surface area contributed by atoms with Gasteiger partial charge in [-0.05, 0) is 59.0 Å². The molecule has 2 rings (SSSR count). The highest BCUT2D eigenvalue weighted by Gasteiger charge is 2.13. The van der Waals surface area contributed by atoms with Crippen molar-refractivity contribution in [2.45, 2.75) is 0 Å². The summed E-state index contributed by atoms with van der Waals surface area (Å²) in [6.07, 6.45) is 0. The standard InChI is InChI=1S/C13H9FINO3/c14-7-1-3-11(10(15)5-7)16-13(19)9-6-8(17)2-4-12(9)18/h1-6,17-18H,(H,16,19). The van der Waals surface area contributed by atoms with Gasteiger partial charge >= 0.3 is 0 Å². The average molecular weight is 373 g/mol. The lowest BCUT2D eigenvalue weighted by Crippen LogP contribution is -2.13. The van der Waals surface area contributed by atoms with Crippen LogP contribution >= 0.6 is 22.6 Å². The van der Waals surface area contributed by atoms with Gasteiger partial charge in [0.1, 0.15) is 17.3 Å². The van der Waals surface area contributed by atoms with Gasteiger partial charge in [0.15, 0.2) is 0 Å². The highest BCUT2D eigenvalue weighted by Crippen LogP contribution is 2.25. The molecule has 0 aliphatic rings. The van der Waals surface area contributed by atoms with Crippen LogP contribution in [0.2, 0.25) is 0 Å². The fourth-order valence-electron chi connectivity index (χ4n) is 1.49. The lowest BCUT2D eigenvalue weighted by Gasteiger charge is -2.09. The molecule has 0 fully saturated rings. The third kappa shape index (κ3) is 3.14. The maximum Gasteiger partial charge on any atom is 0.259 e. The normalized spacial score (nSPS) is 10.2. The van der Waals surface area contributed by atoms with Crippen LogP contribution < -0.4 is 5.32 Å². The third-order valence-electron chi connectivity index (χ3n) is 2.40. The van der Waals surface area contributed by atoms with E-state index in [1.54, 1.807) is 0 Å². The Labute approximate surface area is 122 Å². The summed E-state index contributed by atoms with van der Waals surface area (Å²) in [5.41, 5.74) is 0.370. The van der Waals surface area contributed by atoms with E-state index in [0.717, 1.165) is 6.07 Å². The summed E-state index contributed by atoms with van der Waals surface area (Å²) >= 11 is 1.89. The number of aromatic hydroxyl groups is 2. The molecule has 19 heavy (non-hydrogen) atoms. The summed E-state index contributed by atoms with van der Waals surface area (Å²) in [5, 5.41) is 21.4. The van der Waals surface area contributed by atoms with E-state index in [9.17, 15) is 19.4 Å². The number of hydrogen-bond donors (Lipinski definition) is 3. The molecule has 0 saturated heterocycles. The maximum atomic E-state index is 12.9. The van der Waals surface area contributed by atoms with Crippen molar-refractivity contribution >= 4 is 34.2 Å². The summed E-state index contributed by atoms with van der Waals surface area (Å²) < 4.78 is 13.5. The van der Waals surface area contributed by atoms with Crippen molar-refractivity contribution in [3.8, 4) is 11.5 Å². The number of halogens is 2. The smallest absolute Gasteiger partial charge is 0.259 e. The molecule has 6 heteroatoms. The van der Waals surface area contributed by atoms with E-state index in [1.165, 1.54) is 30.3 Å². The van der Waals surface area contributed by atoms with Crippen LogP contribution in [0.25, 0.3) is 0 Å². The number of anilines is 1. The predicted octanol–water partition coefficient (Wildman–Crippen LogP) is 3.09. The van der Waals surface area contributed by atoms with Crippen molar-refractivity contribution in [3.05, 3.63) is 51.3 Å². The van der Waals surface area contributed by atoms with E-state index >= 15 is 0 Å². The molecule has 0 heterocycles. The van der Waals surface area contributed by atoms with Gasteiger partial charge in [-0.15, -0.1) is 0 Å². The van der Waals surface area contributed by atoms with Crippen molar-refractivity contribution in [3.63, 3.8) is 0 Å². The van der Waals surface area contributed by atoms with Crippen LogP contribution in [0.5, 0.6) is 11.5 Å². The molecule has 0 radical (unpaired) electrons. The fourth-order valence-corrected chi connectivity index (χ4v) is 2.10. The number of nitrogens with one attached hydrogen (secondary N) is 1. The van der Waals surface area contributed by atoms with Gasteiger partial charge in [-0.2, -0.15) is 0 Å². The van der Waals surface area contributed by atoms with Crippen LogP contribution in [0.4, 0.5) is 10.1 Å². The van der Waals surface area contributed by atoms with E-state index in [4.69, 9.17) is 0 Å². The fraction of sp³-hybridized carbons (Fsp3) is 0. The lowest BCUT2D eigenvalue weighted by atomic mass is 10.1. The molecule has 0 atom stereocenters. The van der Waals surface area contributed by atoms with Gasteiger partial charge in [-0.3, -0.25) is 4.79 Å². The summed E-state index contributed by atoms with van der Waals surface area (Å²) in [5.74, 6) is -1.36. The molecule has 0 spiro atoms. The number of benzene rings is 2. The molecule has 2 aromatic rings. The Balaban J connectivity index is 2.28. The Morgan fingerprint density at radius 2 is 1.89 bits per heavy atom. The van der Waals surface area contributed by atoms with Crippen molar-refractivity contribution in [1.82, 2.24) is 0 Å². The average Bonchev–Trinajstić information content (AvgIpc) is 2.35. The molecule has 0 bridgehead atoms. The highest BCUT2D eigenvalue weighted by molar-refractivity contribution is 14.1. The number of carbonyl (C=O) groups excluding carboxylic acids is 1. The van der Waals surface area contributed by atoms with Crippen molar-refractivity contribution in [2.75, 3.05) is 5.32 Å². The molecule has 0 aliphatic carbocycles. The third-order valence-corrected chi connectivity index (χ3v) is 3.30. The van der Waals surface area contributed by atoms with E-state index in [0.29, 0.717) is 9.26 Å². The summed E-state index contributed by atoms with van der Waals surface area (Å²) in [6, 6.07) is 7.57. The van der Waals surface area contributed by atoms with Crippen LogP contribution in [0.15, 0.2) is 36.4 Å². The van der Waals surface area contributed by atoms with Crippen molar-refractivity contribution in [1.29, 1.82) is 0 Å². The Kier molecular flexibility index (Phi) is 3.89. The van der Waals surface area contributed by atoms with Crippen LogP contribution in [-0.2, 0) is 0 Å². The second-order valence-electron chi connectivity index (χ2n) is 3.78. The van der Waals surface area contributed by atoms with E-state index in [-0.39, 0.29) is 17.1 Å². The maximum absolute atomic E-state index is 12.9. The van der Waals surface area contributed by atoms with Gasteiger partial charge in [-0.25, -0.2) is 4.39 Å². The zero-order valence-corrected chi connectivity index (χ0v) is 11.7. The first-order valence-electron chi connectivity index (χ1n) is 5.26. The Morgan fingerprint density at radius 3 is 2.58 bits per heavy atom. The van der Waals surface area contributed by atoms with Gasteiger partial charge in [0.2, 0.25) is 0 Å². The molecule has 98 valence electrons. The second kappa shape index (κ2) is 5.43. The van der Waals surface area contributed by atoms with Gasteiger partial charge in [-0.1, -0.05) is 0 Å². The molecule has 4 nitrogen and oxygen atoms in total. The molecule has 0 saturated carbocycles. The van der Waals surface area contributed by atoms with Gasteiger partial charge < -0.3 is 15.5 Å². The van der Waals surface area contributed by atoms with E-state index in [1.807, 2.05) is 22.6 Å². The molecule has 0 aromatic heterocycles. The minimum Gasteiger partial charge on any atom is -0.508 e. The number of rotatable bonds is 2. The quantitative estimate of drug-likeness (QED) is 0.560. The number of carbonyl (C=O) groups is 1. The first-order chi connectivity index (χ1) is 8.97. The number of phenols is 2. The van der Waals surface area contributed by atoms with Gasteiger partial charge in [0.05, 0.1) is 11.3 Å². The molecular weight excluding hydrogens is 364 g/mol. The summed E-state index contributed by atoms with van der Waals surface area (Å²) in [6.45, 7) is 0. The summed E-state index contributed by atoms with van der Waals surface area (Å²) in [4.78, 5) is 11.9. The van der Waals surface area contributed by atoms with E-state index in [2.05, 4.69) is 5.32 Å². The lowest BCUT2D eigenvalue weighted by molar-refractivity contribution is 0.102. The minimum absolute atomic E-state index is 0.0554. The Morgan fingerprint density at radius 1 is 1.16 bits per heavy atom. The second-order valence-corrected chi connectivity index (χ2v) is 4.94. The number of hydrogen-bond acceptors (Lipinski definition) is 3. The first kappa shape index (κ1) is 13.6. The minimum atomic E-state index is -0.585. The van der Waals surface area contributed by atoms with Crippen LogP contribution in [0, 0.1) is 9.39 Å². The zero-order valence-electron chi connectivity index (χ0n) is 9.52. The molecule has 1 amide bonds. The molecule has 0 unspecified atom stereocenters. The first-order valence-corrected chi connectivity index (χ1v) is 6.33. The topological polar surface area (TPSA) is 69.6 Å². The van der Waals surface area contributed by atoms with Gasteiger partial charge in [0.25, 0.3) is 5.91 Å². The Bertz CT molecular complexity index is 646. The Hall–Kier alpha value is -1.83. The molecule has 2 aromatic carbocycles.